The molecule has 0 radical (unpaired) electrons. The van der Waals surface area contributed by atoms with Crippen LogP contribution >= 0.6 is 11.8 Å². The fraction of sp³-hybridized carbons (Fsp3) is 0.462. The van der Waals surface area contributed by atoms with E-state index in [9.17, 15) is 4.79 Å². The zero-order valence-electron chi connectivity index (χ0n) is 10.4. The molecule has 1 aliphatic heterocycles. The van der Waals surface area contributed by atoms with Crippen molar-refractivity contribution in [2.45, 2.75) is 24.9 Å². The molecule has 1 atom stereocenters. The Morgan fingerprint density at radius 2 is 2.11 bits per heavy atom. The van der Waals surface area contributed by atoms with E-state index in [1.54, 1.807) is 0 Å². The van der Waals surface area contributed by atoms with Crippen molar-refractivity contribution in [2.75, 3.05) is 6.79 Å². The number of hydrogen-bond acceptors (Lipinski definition) is 4. The molecule has 5 heteroatoms. The molecule has 0 bridgehead atoms. The van der Waals surface area contributed by atoms with Crippen molar-refractivity contribution >= 4 is 17.7 Å². The van der Waals surface area contributed by atoms with E-state index in [0.717, 1.165) is 17.1 Å². The minimum absolute atomic E-state index is 0.113. The summed E-state index contributed by atoms with van der Waals surface area (Å²) in [6.07, 6.45) is 0. The van der Waals surface area contributed by atoms with Gasteiger partial charge < -0.3 is 14.6 Å². The topological polar surface area (TPSA) is 55.8 Å². The highest BCUT2D eigenvalue weighted by Crippen LogP contribution is 2.34. The average molecular weight is 268 g/mol. The molecule has 0 aliphatic carbocycles. The molecule has 4 nitrogen and oxygen atoms in total. The largest absolute Gasteiger partial charge is 0.480 e. The van der Waals surface area contributed by atoms with Gasteiger partial charge in [0, 0.05) is 5.75 Å². The van der Waals surface area contributed by atoms with Gasteiger partial charge in [-0.3, -0.25) is 4.79 Å². The Morgan fingerprint density at radius 1 is 1.39 bits per heavy atom. The van der Waals surface area contributed by atoms with Crippen LogP contribution in [-0.2, 0) is 10.5 Å². The van der Waals surface area contributed by atoms with Gasteiger partial charge >= 0.3 is 5.97 Å². The maximum Gasteiger partial charge on any atom is 0.316 e. The van der Waals surface area contributed by atoms with Crippen molar-refractivity contribution < 1.29 is 19.4 Å². The molecule has 98 valence electrons. The van der Waals surface area contributed by atoms with Gasteiger partial charge in [0.05, 0.1) is 0 Å². The molecule has 0 aromatic heterocycles. The lowest BCUT2D eigenvalue weighted by atomic mass is 10.1. The van der Waals surface area contributed by atoms with E-state index in [1.165, 1.54) is 11.8 Å². The van der Waals surface area contributed by atoms with Crippen molar-refractivity contribution in [3.8, 4) is 11.5 Å². The van der Waals surface area contributed by atoms with Gasteiger partial charge in [-0.2, -0.15) is 0 Å². The summed E-state index contributed by atoms with van der Waals surface area (Å²) in [5, 5.41) is 8.73. The van der Waals surface area contributed by atoms with E-state index in [-0.39, 0.29) is 18.0 Å². The fourth-order valence-corrected chi connectivity index (χ4v) is 2.84. The molecule has 0 fully saturated rings. The van der Waals surface area contributed by atoms with E-state index in [2.05, 4.69) is 0 Å². The fourth-order valence-electron chi connectivity index (χ4n) is 1.77. The second-order valence-electron chi connectivity index (χ2n) is 4.50. The SMILES string of the molecule is CC(C)C(SCc1ccc2c(c1)OCO2)C(=O)O. The third-order valence-corrected chi connectivity index (χ3v) is 4.32. The van der Waals surface area contributed by atoms with Gasteiger partial charge in [0.2, 0.25) is 6.79 Å². The van der Waals surface area contributed by atoms with E-state index < -0.39 is 5.97 Å². The molecule has 0 spiro atoms. The van der Waals surface area contributed by atoms with Crippen LogP contribution in [0.25, 0.3) is 0 Å². The predicted octanol–water partition coefficient (Wildman–Crippen LogP) is 2.76. The Bertz CT molecular complexity index is 445. The second kappa shape index (κ2) is 5.52. The Morgan fingerprint density at radius 3 is 2.78 bits per heavy atom. The summed E-state index contributed by atoms with van der Waals surface area (Å²) in [4.78, 5) is 11.1. The van der Waals surface area contributed by atoms with E-state index in [4.69, 9.17) is 14.6 Å². The van der Waals surface area contributed by atoms with Crippen molar-refractivity contribution in [2.24, 2.45) is 5.92 Å². The molecule has 0 saturated carbocycles. The van der Waals surface area contributed by atoms with Gasteiger partial charge in [-0.25, -0.2) is 0 Å². The molecule has 2 rings (SSSR count). The van der Waals surface area contributed by atoms with Gasteiger partial charge in [-0.1, -0.05) is 19.9 Å². The third kappa shape index (κ3) is 2.90. The monoisotopic (exact) mass is 268 g/mol. The molecule has 0 saturated heterocycles. The van der Waals surface area contributed by atoms with Gasteiger partial charge in [0.25, 0.3) is 0 Å². The minimum Gasteiger partial charge on any atom is -0.480 e. The first-order chi connectivity index (χ1) is 8.58. The van der Waals surface area contributed by atoms with Gasteiger partial charge in [-0.05, 0) is 23.6 Å². The van der Waals surface area contributed by atoms with Crippen molar-refractivity contribution in [1.82, 2.24) is 0 Å². The van der Waals surface area contributed by atoms with Crippen LogP contribution in [0.15, 0.2) is 18.2 Å². The summed E-state index contributed by atoms with van der Waals surface area (Å²) in [6.45, 7) is 4.10. The second-order valence-corrected chi connectivity index (χ2v) is 5.63. The molecule has 0 amide bonds. The summed E-state index contributed by atoms with van der Waals surface area (Å²) < 4.78 is 10.5. The zero-order chi connectivity index (χ0) is 13.1. The molecular weight excluding hydrogens is 252 g/mol. The van der Waals surface area contributed by atoms with Crippen LogP contribution in [-0.4, -0.2) is 23.1 Å². The normalized spacial score (nSPS) is 14.8. The molecule has 18 heavy (non-hydrogen) atoms. The quantitative estimate of drug-likeness (QED) is 0.890. The molecule has 1 heterocycles. The van der Waals surface area contributed by atoms with E-state index in [0.29, 0.717) is 5.75 Å². The van der Waals surface area contributed by atoms with Crippen molar-refractivity contribution in [1.29, 1.82) is 0 Å². The number of carbonyl (C=O) groups is 1. The summed E-state index contributed by atoms with van der Waals surface area (Å²) in [6, 6.07) is 5.72. The Balaban J connectivity index is 1.99. The van der Waals surface area contributed by atoms with Crippen molar-refractivity contribution in [3.63, 3.8) is 0 Å². The Hall–Kier alpha value is -1.36. The Labute approximate surface area is 110 Å². The van der Waals surface area contributed by atoms with Crippen LogP contribution in [0.4, 0.5) is 0 Å². The Kier molecular flexibility index (Phi) is 4.01. The minimum atomic E-state index is -0.754. The smallest absolute Gasteiger partial charge is 0.316 e. The number of rotatable bonds is 5. The average Bonchev–Trinajstić information content (AvgIpc) is 2.75. The lowest BCUT2D eigenvalue weighted by Gasteiger charge is -2.15. The number of carboxylic acid groups (broad SMARTS) is 1. The first-order valence-electron chi connectivity index (χ1n) is 5.81. The highest BCUT2D eigenvalue weighted by molar-refractivity contribution is 7.99. The number of fused-ring (bicyclic) bond motifs is 1. The first-order valence-corrected chi connectivity index (χ1v) is 6.85. The van der Waals surface area contributed by atoms with Crippen LogP contribution in [0.1, 0.15) is 19.4 Å². The number of aliphatic carboxylic acids is 1. The molecule has 1 aromatic rings. The number of thioether (sulfide) groups is 1. The maximum absolute atomic E-state index is 11.1. The number of carboxylic acids is 1. The van der Waals surface area contributed by atoms with Crippen LogP contribution in [0.2, 0.25) is 0 Å². The van der Waals surface area contributed by atoms with Crippen molar-refractivity contribution in [3.05, 3.63) is 23.8 Å². The first kappa shape index (κ1) is 13.1. The van der Waals surface area contributed by atoms with Gasteiger partial charge in [0.1, 0.15) is 5.25 Å². The summed E-state index contributed by atoms with van der Waals surface area (Å²) in [7, 11) is 0. The third-order valence-electron chi connectivity index (χ3n) is 2.72. The highest BCUT2D eigenvalue weighted by atomic mass is 32.2. The molecule has 1 aliphatic rings. The van der Waals surface area contributed by atoms with E-state index in [1.807, 2.05) is 32.0 Å². The van der Waals surface area contributed by atoms with Gasteiger partial charge in [-0.15, -0.1) is 11.8 Å². The standard InChI is InChI=1S/C13H16O4S/c1-8(2)12(13(14)15)18-6-9-3-4-10-11(5-9)17-7-16-10/h3-5,8,12H,6-7H2,1-2H3,(H,14,15). The van der Waals surface area contributed by atoms with Crippen LogP contribution in [0.5, 0.6) is 11.5 Å². The van der Waals surface area contributed by atoms with Crippen LogP contribution in [0.3, 0.4) is 0 Å². The number of benzene rings is 1. The number of ether oxygens (including phenoxy) is 2. The predicted molar refractivity (Wildman–Crippen MR) is 70.1 cm³/mol. The molecule has 1 N–H and O–H groups in total. The summed E-state index contributed by atoms with van der Waals surface area (Å²) >= 11 is 1.44. The highest BCUT2D eigenvalue weighted by Gasteiger charge is 2.22. The maximum atomic E-state index is 11.1. The summed E-state index contributed by atoms with van der Waals surface area (Å²) in [5.74, 6) is 1.51. The van der Waals surface area contributed by atoms with E-state index >= 15 is 0 Å². The molecular formula is C13H16O4S. The number of hydrogen-bond donors (Lipinski definition) is 1. The van der Waals surface area contributed by atoms with Gasteiger partial charge in [0.15, 0.2) is 11.5 Å². The van der Waals surface area contributed by atoms with Crippen LogP contribution < -0.4 is 9.47 Å². The summed E-state index contributed by atoms with van der Waals surface area (Å²) in [5.41, 5.74) is 1.05. The molecule has 1 aromatic carbocycles. The molecule has 1 unspecified atom stereocenters. The van der Waals surface area contributed by atoms with Crippen LogP contribution in [0, 0.1) is 5.92 Å². The lowest BCUT2D eigenvalue weighted by molar-refractivity contribution is -0.137. The zero-order valence-corrected chi connectivity index (χ0v) is 11.2. The lowest BCUT2D eigenvalue weighted by Crippen LogP contribution is -2.22.